The summed E-state index contributed by atoms with van der Waals surface area (Å²) in [4.78, 5) is 23.3. The highest BCUT2D eigenvalue weighted by Gasteiger charge is 2.54. The van der Waals surface area contributed by atoms with E-state index in [0.717, 1.165) is 12.8 Å². The summed E-state index contributed by atoms with van der Waals surface area (Å²) in [5.74, 6) is 0.867. The fourth-order valence-corrected chi connectivity index (χ4v) is 4.38. The Labute approximate surface area is 113 Å². The van der Waals surface area contributed by atoms with Crippen molar-refractivity contribution in [3.05, 3.63) is 0 Å². The predicted molar refractivity (Wildman–Crippen MR) is 68.1 cm³/mol. The summed E-state index contributed by atoms with van der Waals surface area (Å²) in [6, 6.07) is 0. The van der Waals surface area contributed by atoms with Crippen LogP contribution in [0.5, 0.6) is 0 Å². The van der Waals surface area contributed by atoms with Gasteiger partial charge in [0.15, 0.2) is 0 Å². The number of hydrogen-bond acceptors (Lipinski definition) is 4. The van der Waals surface area contributed by atoms with Gasteiger partial charge in [-0.3, -0.25) is 9.59 Å². The first-order chi connectivity index (χ1) is 8.90. The Hall–Kier alpha value is -1.06. The normalized spacial score (nSPS) is 49.7. The van der Waals surface area contributed by atoms with E-state index >= 15 is 0 Å². The smallest absolute Gasteiger partial charge is 0.309 e. The third-order valence-electron chi connectivity index (χ3n) is 5.60. The zero-order valence-electron chi connectivity index (χ0n) is 11.8. The Morgan fingerprint density at radius 1 is 1.26 bits per heavy atom. The molecule has 0 aromatic heterocycles. The molecule has 3 aliphatic rings. The van der Waals surface area contributed by atoms with Gasteiger partial charge in [0, 0.05) is 17.8 Å². The molecule has 19 heavy (non-hydrogen) atoms. The van der Waals surface area contributed by atoms with Gasteiger partial charge in [0.25, 0.3) is 0 Å². The molecule has 2 saturated heterocycles. The van der Waals surface area contributed by atoms with Gasteiger partial charge >= 0.3 is 11.9 Å². The van der Waals surface area contributed by atoms with Crippen LogP contribution >= 0.6 is 0 Å². The second-order valence-corrected chi connectivity index (χ2v) is 6.97. The molecule has 0 unspecified atom stereocenters. The lowest BCUT2D eigenvalue weighted by molar-refractivity contribution is -0.162. The zero-order valence-corrected chi connectivity index (χ0v) is 11.8. The fraction of sp³-hybridized carbons (Fsp3) is 0.867. The minimum atomic E-state index is -0.0774. The first kappa shape index (κ1) is 12.9. The molecule has 3 rings (SSSR count). The lowest BCUT2D eigenvalue weighted by atomic mass is 9.66. The van der Waals surface area contributed by atoms with Gasteiger partial charge in [0.1, 0.15) is 6.10 Å². The van der Waals surface area contributed by atoms with Gasteiger partial charge in [0.05, 0.1) is 12.5 Å². The van der Waals surface area contributed by atoms with E-state index in [-0.39, 0.29) is 35.3 Å². The van der Waals surface area contributed by atoms with Crippen LogP contribution in [0.25, 0.3) is 0 Å². The monoisotopic (exact) mass is 266 g/mol. The first-order valence-corrected chi connectivity index (χ1v) is 7.27. The predicted octanol–water partition coefficient (Wildman–Crippen LogP) is 2.16. The van der Waals surface area contributed by atoms with Gasteiger partial charge in [-0.1, -0.05) is 20.8 Å². The van der Waals surface area contributed by atoms with E-state index in [1.807, 2.05) is 6.92 Å². The van der Waals surface area contributed by atoms with Gasteiger partial charge in [-0.15, -0.1) is 0 Å². The van der Waals surface area contributed by atoms with Crippen molar-refractivity contribution < 1.29 is 19.1 Å². The van der Waals surface area contributed by atoms with E-state index in [2.05, 4.69) is 13.8 Å². The van der Waals surface area contributed by atoms with Gasteiger partial charge in [-0.25, -0.2) is 0 Å². The van der Waals surface area contributed by atoms with Crippen LogP contribution in [-0.2, 0) is 19.1 Å². The van der Waals surface area contributed by atoms with Gasteiger partial charge in [-0.05, 0) is 24.7 Å². The Bertz CT molecular complexity index is 418. The Morgan fingerprint density at radius 2 is 2.00 bits per heavy atom. The average molecular weight is 266 g/mol. The highest BCUT2D eigenvalue weighted by atomic mass is 16.6. The Balaban J connectivity index is 1.91. The van der Waals surface area contributed by atoms with Crippen LogP contribution in [0.1, 0.15) is 40.0 Å². The molecule has 4 nitrogen and oxygen atoms in total. The van der Waals surface area contributed by atoms with E-state index in [9.17, 15) is 9.59 Å². The summed E-state index contributed by atoms with van der Waals surface area (Å²) < 4.78 is 10.8. The van der Waals surface area contributed by atoms with E-state index in [4.69, 9.17) is 9.47 Å². The molecular formula is C15H22O4. The topological polar surface area (TPSA) is 52.6 Å². The van der Waals surface area contributed by atoms with Crippen molar-refractivity contribution in [2.45, 2.75) is 46.1 Å². The molecule has 0 N–H and O–H groups in total. The number of cyclic esters (lactones) is 1. The second kappa shape index (κ2) is 4.22. The quantitative estimate of drug-likeness (QED) is 0.630. The van der Waals surface area contributed by atoms with E-state index < -0.39 is 0 Å². The van der Waals surface area contributed by atoms with Crippen molar-refractivity contribution in [2.75, 3.05) is 6.61 Å². The number of carbonyl (C=O) groups excluding carboxylic acids is 2. The summed E-state index contributed by atoms with van der Waals surface area (Å²) in [6.07, 6.45) is 2.36. The number of carbonyl (C=O) groups is 2. The summed E-state index contributed by atoms with van der Waals surface area (Å²) in [5.41, 5.74) is -0.00498. The maximum atomic E-state index is 11.8. The number of ether oxygens (including phenoxy) is 2. The van der Waals surface area contributed by atoms with E-state index in [1.54, 1.807) is 0 Å². The van der Waals surface area contributed by atoms with Crippen molar-refractivity contribution in [3.63, 3.8) is 0 Å². The molecule has 0 bridgehead atoms. The summed E-state index contributed by atoms with van der Waals surface area (Å²) in [6.45, 7) is 6.85. The van der Waals surface area contributed by atoms with Gasteiger partial charge < -0.3 is 9.47 Å². The average Bonchev–Trinajstić information content (AvgIpc) is 2.54. The maximum absolute atomic E-state index is 11.8. The molecule has 1 saturated carbocycles. The van der Waals surface area contributed by atoms with Crippen LogP contribution in [0, 0.1) is 29.1 Å². The third kappa shape index (κ3) is 1.96. The van der Waals surface area contributed by atoms with Crippen molar-refractivity contribution in [3.8, 4) is 0 Å². The molecule has 3 fully saturated rings. The summed E-state index contributed by atoms with van der Waals surface area (Å²) in [7, 11) is 0. The lowest BCUT2D eigenvalue weighted by Crippen LogP contribution is -2.43. The maximum Gasteiger partial charge on any atom is 0.309 e. The van der Waals surface area contributed by atoms with E-state index in [1.165, 1.54) is 0 Å². The van der Waals surface area contributed by atoms with E-state index in [0.29, 0.717) is 24.9 Å². The lowest BCUT2D eigenvalue weighted by Gasteiger charge is -2.42. The molecule has 4 heteroatoms. The third-order valence-corrected chi connectivity index (χ3v) is 5.60. The number of fused-ring (bicyclic) bond motifs is 2. The molecule has 106 valence electrons. The molecule has 0 aromatic rings. The van der Waals surface area contributed by atoms with Crippen molar-refractivity contribution in [2.24, 2.45) is 29.1 Å². The summed E-state index contributed by atoms with van der Waals surface area (Å²) in [5, 5.41) is 0. The summed E-state index contributed by atoms with van der Waals surface area (Å²) >= 11 is 0. The molecule has 1 aliphatic carbocycles. The number of esters is 2. The van der Waals surface area contributed by atoms with Crippen LogP contribution in [-0.4, -0.2) is 24.6 Å². The Morgan fingerprint density at radius 3 is 2.74 bits per heavy atom. The Kier molecular flexibility index (Phi) is 2.88. The fourth-order valence-electron chi connectivity index (χ4n) is 4.38. The van der Waals surface area contributed by atoms with Crippen molar-refractivity contribution >= 4 is 11.9 Å². The number of hydrogen-bond donors (Lipinski definition) is 0. The van der Waals surface area contributed by atoms with Crippen LogP contribution in [0.15, 0.2) is 0 Å². The number of rotatable bonds is 0. The first-order valence-electron chi connectivity index (χ1n) is 7.27. The van der Waals surface area contributed by atoms with Crippen LogP contribution < -0.4 is 0 Å². The zero-order chi connectivity index (χ0) is 13.8. The second-order valence-electron chi connectivity index (χ2n) is 6.97. The highest BCUT2D eigenvalue weighted by molar-refractivity contribution is 5.75. The minimum Gasteiger partial charge on any atom is -0.465 e. The molecule has 6 atom stereocenters. The van der Waals surface area contributed by atoms with Crippen LogP contribution in [0.2, 0.25) is 0 Å². The molecule has 0 aromatic carbocycles. The standard InChI is InChI=1S/C15H22O4/c1-8-4-12-10(9(2)14(17)19-12)6-15(3)7-18-13(16)5-11(8)15/h8-12H,4-7H2,1-3H3/t8-,9+,10-,11+,12+,15-/m1/s1. The SMILES string of the molecule is C[C@@H]1C[C@@H]2OC(=O)[C@@H](C)[C@H]2C[C@]2(C)COC(=O)C[C@@H]12. The van der Waals surface area contributed by atoms with Crippen molar-refractivity contribution in [1.82, 2.24) is 0 Å². The molecule has 0 spiro atoms. The molecule has 2 aliphatic heterocycles. The highest BCUT2D eigenvalue weighted by Crippen LogP contribution is 2.52. The van der Waals surface area contributed by atoms with Gasteiger partial charge in [-0.2, -0.15) is 0 Å². The molecule has 0 amide bonds. The van der Waals surface area contributed by atoms with Gasteiger partial charge in [0.2, 0.25) is 0 Å². The largest absolute Gasteiger partial charge is 0.465 e. The molecular weight excluding hydrogens is 244 g/mol. The minimum absolute atomic E-state index is 0.00498. The van der Waals surface area contributed by atoms with Crippen LogP contribution in [0.4, 0.5) is 0 Å². The van der Waals surface area contributed by atoms with Crippen molar-refractivity contribution in [1.29, 1.82) is 0 Å². The van der Waals surface area contributed by atoms with Crippen LogP contribution in [0.3, 0.4) is 0 Å². The molecule has 2 heterocycles. The molecule has 0 radical (unpaired) electrons.